The lowest BCUT2D eigenvalue weighted by Gasteiger charge is -2.41. The molecule has 1 fully saturated rings. The topological polar surface area (TPSA) is 18.5 Å². The summed E-state index contributed by atoms with van der Waals surface area (Å²) in [6.45, 7) is 0.199. The SMILES string of the molecule is C[Si](Cl)(Cl)c1ccc2c(c1)COC1(CCCCC1)O2. The Kier molecular flexibility index (Phi) is 3.58. The molecular formula is C14H18Cl2O2Si. The van der Waals surface area contributed by atoms with Crippen LogP contribution in [0.4, 0.5) is 0 Å². The van der Waals surface area contributed by atoms with Crippen molar-refractivity contribution in [3.8, 4) is 5.75 Å². The number of halogens is 2. The summed E-state index contributed by atoms with van der Waals surface area (Å²) in [5.74, 6) is 0.554. The van der Waals surface area contributed by atoms with Gasteiger partial charge in [-0.15, -0.1) is 22.2 Å². The molecule has 1 aromatic carbocycles. The van der Waals surface area contributed by atoms with Crippen molar-refractivity contribution in [3.63, 3.8) is 0 Å². The van der Waals surface area contributed by atoms with Crippen LogP contribution in [0, 0.1) is 0 Å². The highest BCUT2D eigenvalue weighted by atomic mass is 35.7. The van der Waals surface area contributed by atoms with Crippen LogP contribution in [0.5, 0.6) is 5.75 Å². The third-order valence-electron chi connectivity index (χ3n) is 3.97. The molecule has 0 aromatic heterocycles. The third-order valence-corrected chi connectivity index (χ3v) is 6.60. The summed E-state index contributed by atoms with van der Waals surface area (Å²) in [4.78, 5) is 0. The minimum Gasteiger partial charge on any atom is -0.462 e. The van der Waals surface area contributed by atoms with E-state index in [1.807, 2.05) is 24.7 Å². The molecule has 1 heterocycles. The molecule has 0 unspecified atom stereocenters. The summed E-state index contributed by atoms with van der Waals surface area (Å²) >= 11 is 12.5. The van der Waals surface area contributed by atoms with Crippen molar-refractivity contribution in [2.45, 2.75) is 51.0 Å². The molecule has 5 heteroatoms. The highest BCUT2D eigenvalue weighted by molar-refractivity contribution is 7.50. The van der Waals surface area contributed by atoms with Gasteiger partial charge in [0.1, 0.15) is 5.75 Å². The van der Waals surface area contributed by atoms with E-state index in [9.17, 15) is 0 Å². The number of benzene rings is 1. The fourth-order valence-corrected chi connectivity index (χ4v) is 4.35. The summed E-state index contributed by atoms with van der Waals surface area (Å²) < 4.78 is 12.1. The predicted octanol–water partition coefficient (Wildman–Crippen LogP) is 4.01. The molecule has 3 rings (SSSR count). The Hall–Kier alpha value is -0.223. The minimum absolute atomic E-state index is 0.380. The first kappa shape index (κ1) is 13.7. The first-order chi connectivity index (χ1) is 8.99. The maximum Gasteiger partial charge on any atom is 0.277 e. The lowest BCUT2D eigenvalue weighted by Crippen LogP contribution is -2.44. The molecule has 2 nitrogen and oxygen atoms in total. The first-order valence-corrected chi connectivity index (χ1v) is 11.4. The van der Waals surface area contributed by atoms with Gasteiger partial charge in [-0.1, -0.05) is 18.6 Å². The molecule has 1 aliphatic heterocycles. The maximum absolute atomic E-state index is 6.27. The molecule has 1 saturated carbocycles. The average Bonchev–Trinajstić information content (AvgIpc) is 2.38. The van der Waals surface area contributed by atoms with Crippen LogP contribution in [-0.2, 0) is 11.3 Å². The van der Waals surface area contributed by atoms with Crippen LogP contribution >= 0.6 is 22.2 Å². The molecule has 0 amide bonds. The van der Waals surface area contributed by atoms with E-state index in [0.717, 1.165) is 29.3 Å². The van der Waals surface area contributed by atoms with Crippen molar-refractivity contribution >= 4 is 34.0 Å². The standard InChI is InChI=1S/C14H18Cl2O2Si/c1-19(15,16)12-5-6-13-11(9-12)10-17-14(18-13)7-3-2-4-8-14/h5-6,9H,2-4,7-8,10H2,1H3. The Balaban J connectivity index is 1.86. The van der Waals surface area contributed by atoms with Crippen LogP contribution < -0.4 is 9.92 Å². The van der Waals surface area contributed by atoms with Crippen LogP contribution in [0.2, 0.25) is 6.55 Å². The molecule has 2 aliphatic rings. The molecule has 19 heavy (non-hydrogen) atoms. The smallest absolute Gasteiger partial charge is 0.277 e. The molecule has 1 aromatic rings. The Morgan fingerprint density at radius 1 is 1.16 bits per heavy atom. The van der Waals surface area contributed by atoms with Gasteiger partial charge >= 0.3 is 0 Å². The highest BCUT2D eigenvalue weighted by Gasteiger charge is 2.39. The first-order valence-electron chi connectivity index (χ1n) is 6.83. The summed E-state index contributed by atoms with van der Waals surface area (Å²) in [6.07, 6.45) is 5.63. The quantitative estimate of drug-likeness (QED) is 0.575. The van der Waals surface area contributed by atoms with Crippen molar-refractivity contribution in [1.82, 2.24) is 0 Å². The number of hydrogen-bond donors (Lipinski definition) is 0. The van der Waals surface area contributed by atoms with Gasteiger partial charge in [-0.3, -0.25) is 0 Å². The zero-order valence-electron chi connectivity index (χ0n) is 11.0. The van der Waals surface area contributed by atoms with Crippen molar-refractivity contribution in [2.75, 3.05) is 0 Å². The number of rotatable bonds is 1. The van der Waals surface area contributed by atoms with Gasteiger partial charge in [0.15, 0.2) is 0 Å². The molecule has 0 radical (unpaired) electrons. The third kappa shape index (κ3) is 2.80. The Labute approximate surface area is 124 Å². The molecular weight excluding hydrogens is 299 g/mol. The summed E-state index contributed by atoms with van der Waals surface area (Å²) in [7, 11) is 0. The monoisotopic (exact) mass is 316 g/mol. The number of ether oxygens (including phenoxy) is 2. The lowest BCUT2D eigenvalue weighted by atomic mass is 9.93. The zero-order chi connectivity index (χ0) is 13.5. The fraction of sp³-hybridized carbons (Fsp3) is 0.571. The Morgan fingerprint density at radius 3 is 2.58 bits per heavy atom. The van der Waals surface area contributed by atoms with Crippen molar-refractivity contribution < 1.29 is 9.47 Å². The number of fused-ring (bicyclic) bond motifs is 1. The van der Waals surface area contributed by atoms with Crippen LogP contribution in [0.1, 0.15) is 37.7 Å². The van der Waals surface area contributed by atoms with Gasteiger partial charge in [0.05, 0.1) is 6.61 Å². The van der Waals surface area contributed by atoms with Crippen molar-refractivity contribution in [3.05, 3.63) is 23.8 Å². The van der Waals surface area contributed by atoms with Gasteiger partial charge in [0, 0.05) is 18.4 Å². The van der Waals surface area contributed by atoms with Gasteiger partial charge in [0.2, 0.25) is 5.79 Å². The fourth-order valence-electron chi connectivity index (χ4n) is 2.84. The van der Waals surface area contributed by atoms with Crippen molar-refractivity contribution in [1.29, 1.82) is 0 Å². The zero-order valence-corrected chi connectivity index (χ0v) is 13.6. The number of hydrogen-bond acceptors (Lipinski definition) is 2. The van der Waals surface area contributed by atoms with E-state index in [1.165, 1.54) is 19.3 Å². The second-order valence-electron chi connectivity index (χ2n) is 5.57. The highest BCUT2D eigenvalue weighted by Crippen LogP contribution is 2.39. The van der Waals surface area contributed by atoms with E-state index < -0.39 is 6.69 Å². The van der Waals surface area contributed by atoms with Gasteiger partial charge in [-0.2, -0.15) is 0 Å². The molecule has 0 bridgehead atoms. The van der Waals surface area contributed by atoms with Crippen molar-refractivity contribution in [2.24, 2.45) is 0 Å². The second-order valence-corrected chi connectivity index (χ2v) is 13.0. The summed E-state index contributed by atoms with van der Waals surface area (Å²) in [6, 6.07) is 6.03. The van der Waals surface area contributed by atoms with Gasteiger partial charge in [0.25, 0.3) is 6.69 Å². The molecule has 1 aliphatic carbocycles. The second kappa shape index (κ2) is 4.96. The van der Waals surface area contributed by atoms with Gasteiger partial charge in [-0.25, -0.2) is 0 Å². The summed E-state index contributed by atoms with van der Waals surface area (Å²) in [5.41, 5.74) is 1.06. The van der Waals surface area contributed by atoms with Gasteiger partial charge < -0.3 is 9.47 Å². The maximum atomic E-state index is 6.27. The van der Waals surface area contributed by atoms with E-state index in [-0.39, 0.29) is 5.79 Å². The molecule has 0 N–H and O–H groups in total. The minimum atomic E-state index is -2.31. The molecule has 1 spiro atoms. The summed E-state index contributed by atoms with van der Waals surface area (Å²) in [5, 5.41) is 1.02. The van der Waals surface area contributed by atoms with E-state index in [1.54, 1.807) is 0 Å². The predicted molar refractivity (Wildman–Crippen MR) is 80.6 cm³/mol. The Bertz CT molecular complexity index is 479. The van der Waals surface area contributed by atoms with E-state index in [4.69, 9.17) is 31.6 Å². The van der Waals surface area contributed by atoms with Crippen LogP contribution in [0.3, 0.4) is 0 Å². The average molecular weight is 317 g/mol. The van der Waals surface area contributed by atoms with E-state index in [0.29, 0.717) is 6.61 Å². The van der Waals surface area contributed by atoms with Gasteiger partial charge in [-0.05, 0) is 30.6 Å². The molecule has 104 valence electrons. The Morgan fingerprint density at radius 2 is 1.89 bits per heavy atom. The van der Waals surface area contributed by atoms with E-state index >= 15 is 0 Å². The van der Waals surface area contributed by atoms with Crippen LogP contribution in [-0.4, -0.2) is 12.5 Å². The molecule has 0 atom stereocenters. The van der Waals surface area contributed by atoms with Crippen LogP contribution in [0.25, 0.3) is 0 Å². The normalized spacial score (nSPS) is 21.8. The van der Waals surface area contributed by atoms with Crippen LogP contribution in [0.15, 0.2) is 18.2 Å². The van der Waals surface area contributed by atoms with E-state index in [2.05, 4.69) is 0 Å². The lowest BCUT2D eigenvalue weighted by molar-refractivity contribution is -0.222. The largest absolute Gasteiger partial charge is 0.462 e. The molecule has 0 saturated heterocycles.